The zero-order valence-corrected chi connectivity index (χ0v) is 12.9. The third kappa shape index (κ3) is 3.78. The third-order valence-corrected chi connectivity index (χ3v) is 3.37. The molecule has 0 saturated heterocycles. The minimum atomic E-state index is 0.779. The second-order valence-corrected chi connectivity index (χ2v) is 5.15. The van der Waals surface area contributed by atoms with Crippen LogP contribution in [-0.4, -0.2) is 0 Å². The summed E-state index contributed by atoms with van der Waals surface area (Å²) in [7, 11) is 1.95. The van der Waals surface area contributed by atoms with Crippen LogP contribution in [0.5, 0.6) is 0 Å². The number of hydrogen-bond acceptors (Lipinski definition) is 4. The Kier molecular flexibility index (Phi) is 4.40. The summed E-state index contributed by atoms with van der Waals surface area (Å²) in [6.07, 6.45) is 3.86. The Morgan fingerprint density at radius 1 is 0.783 bits per heavy atom. The summed E-state index contributed by atoms with van der Waals surface area (Å²) < 4.78 is 1.93. The fourth-order valence-electron chi connectivity index (χ4n) is 2.16. The van der Waals surface area contributed by atoms with Crippen LogP contribution in [0.3, 0.4) is 0 Å². The van der Waals surface area contributed by atoms with E-state index in [2.05, 4.69) is 10.2 Å². The molecule has 0 saturated carbocycles. The van der Waals surface area contributed by atoms with E-state index in [0.29, 0.717) is 0 Å². The maximum absolute atomic E-state index is 6.12. The Balaban J connectivity index is 1.74. The van der Waals surface area contributed by atoms with Gasteiger partial charge in [0.15, 0.2) is 12.4 Å². The van der Waals surface area contributed by atoms with Crippen LogP contribution < -0.4 is 15.4 Å². The van der Waals surface area contributed by atoms with Crippen molar-refractivity contribution in [3.63, 3.8) is 0 Å². The summed E-state index contributed by atoms with van der Waals surface area (Å²) in [6, 6.07) is 21.3. The largest absolute Gasteiger partial charge is 0.280 e. The van der Waals surface area contributed by atoms with Crippen LogP contribution in [0, 0.1) is 0 Å². The lowest BCUT2D eigenvalue weighted by Crippen LogP contribution is -2.25. The molecule has 2 aromatic carbocycles. The van der Waals surface area contributed by atoms with Crippen molar-refractivity contribution in [1.82, 2.24) is 0 Å². The Hall–Kier alpha value is -3.05. The number of anilines is 2. The molecule has 2 N–H and O–H groups in total. The number of azo groups is 1. The van der Waals surface area contributed by atoms with Crippen molar-refractivity contribution in [3.8, 4) is 0 Å². The smallest absolute Gasteiger partial charge is 0.196 e. The van der Waals surface area contributed by atoms with Gasteiger partial charge in [0.2, 0.25) is 0 Å². The number of aryl methyl sites for hydroxylation is 1. The Labute approximate surface area is 135 Å². The minimum Gasteiger partial charge on any atom is -0.280 e. The van der Waals surface area contributed by atoms with Crippen molar-refractivity contribution in [3.05, 3.63) is 79.1 Å². The van der Waals surface area contributed by atoms with Gasteiger partial charge in [-0.25, -0.2) is 10.4 Å². The fraction of sp³-hybridized carbons (Fsp3) is 0.0556. The predicted octanol–water partition coefficient (Wildman–Crippen LogP) is 3.94. The maximum Gasteiger partial charge on any atom is 0.196 e. The molecule has 114 valence electrons. The van der Waals surface area contributed by atoms with Gasteiger partial charge in [0.1, 0.15) is 12.7 Å². The lowest BCUT2D eigenvalue weighted by molar-refractivity contribution is -0.670. The highest BCUT2D eigenvalue weighted by Crippen LogP contribution is 2.24. The van der Waals surface area contributed by atoms with E-state index >= 15 is 0 Å². The van der Waals surface area contributed by atoms with Gasteiger partial charge >= 0.3 is 0 Å². The van der Waals surface area contributed by atoms with Crippen LogP contribution in [-0.2, 0) is 7.05 Å². The summed E-state index contributed by atoms with van der Waals surface area (Å²) in [5.74, 6) is 6.12. The lowest BCUT2D eigenvalue weighted by atomic mass is 10.2. The number of benzene rings is 2. The normalized spacial score (nSPS) is 10.9. The second-order valence-electron chi connectivity index (χ2n) is 5.15. The van der Waals surface area contributed by atoms with Crippen LogP contribution in [0.2, 0.25) is 0 Å². The number of pyridine rings is 1. The Morgan fingerprint density at radius 3 is 2.13 bits per heavy atom. The lowest BCUT2D eigenvalue weighted by Gasteiger charge is -2.18. The standard InChI is InChI=1S/C18H18N5/c1-22-13-5-6-16(14-22)21-20-15-9-11-18(12-10-15)23(19)17-7-3-2-4-8-17/h2-14H,19H2,1H3/q+1/b21-20-. The number of nitrogens with two attached hydrogens (primary N) is 1. The summed E-state index contributed by atoms with van der Waals surface area (Å²) in [4.78, 5) is 0. The zero-order chi connectivity index (χ0) is 16.1. The third-order valence-electron chi connectivity index (χ3n) is 3.37. The molecular weight excluding hydrogens is 286 g/mol. The van der Waals surface area contributed by atoms with Gasteiger partial charge in [-0.3, -0.25) is 5.01 Å². The molecular formula is C18H18N5+. The molecule has 0 aliphatic rings. The minimum absolute atomic E-state index is 0.779. The van der Waals surface area contributed by atoms with E-state index in [-0.39, 0.29) is 0 Å². The highest BCUT2D eigenvalue weighted by molar-refractivity contribution is 5.63. The van der Waals surface area contributed by atoms with Gasteiger partial charge in [-0.1, -0.05) is 18.2 Å². The van der Waals surface area contributed by atoms with Crippen molar-refractivity contribution in [2.75, 3.05) is 5.01 Å². The molecule has 23 heavy (non-hydrogen) atoms. The van der Waals surface area contributed by atoms with Gasteiger partial charge in [-0.05, 0) is 42.5 Å². The topological polar surface area (TPSA) is 57.9 Å². The number of nitrogens with zero attached hydrogens (tertiary/aromatic N) is 4. The summed E-state index contributed by atoms with van der Waals surface area (Å²) in [6.45, 7) is 0. The van der Waals surface area contributed by atoms with Gasteiger partial charge in [-0.2, -0.15) is 5.11 Å². The molecule has 0 amide bonds. The van der Waals surface area contributed by atoms with Gasteiger partial charge in [0.05, 0.1) is 17.1 Å². The van der Waals surface area contributed by atoms with Gasteiger partial charge in [0.25, 0.3) is 0 Å². The molecule has 0 aliphatic carbocycles. The maximum atomic E-state index is 6.12. The zero-order valence-electron chi connectivity index (χ0n) is 12.9. The van der Waals surface area contributed by atoms with Crippen molar-refractivity contribution in [2.24, 2.45) is 23.1 Å². The monoisotopic (exact) mass is 304 g/mol. The number of hydrogen-bond donors (Lipinski definition) is 1. The first kappa shape index (κ1) is 14.9. The average molecular weight is 304 g/mol. The van der Waals surface area contributed by atoms with Crippen LogP contribution >= 0.6 is 0 Å². The Morgan fingerprint density at radius 2 is 1.43 bits per heavy atom. The molecule has 0 fully saturated rings. The van der Waals surface area contributed by atoms with Crippen LogP contribution in [0.15, 0.2) is 89.4 Å². The van der Waals surface area contributed by atoms with E-state index < -0.39 is 0 Å². The summed E-state index contributed by atoms with van der Waals surface area (Å²) in [5.41, 5.74) is 3.41. The van der Waals surface area contributed by atoms with E-state index in [1.165, 1.54) is 0 Å². The average Bonchev–Trinajstić information content (AvgIpc) is 2.61. The van der Waals surface area contributed by atoms with E-state index in [1.54, 1.807) is 5.01 Å². The Bertz CT molecular complexity index is 797. The van der Waals surface area contributed by atoms with Crippen LogP contribution in [0.25, 0.3) is 0 Å². The van der Waals surface area contributed by atoms with E-state index in [0.717, 1.165) is 22.7 Å². The van der Waals surface area contributed by atoms with Gasteiger partial charge in [0, 0.05) is 6.07 Å². The highest BCUT2D eigenvalue weighted by atomic mass is 15.4. The van der Waals surface area contributed by atoms with Gasteiger partial charge < -0.3 is 0 Å². The molecule has 0 unspecified atom stereocenters. The van der Waals surface area contributed by atoms with E-state index in [9.17, 15) is 0 Å². The fourth-order valence-corrected chi connectivity index (χ4v) is 2.16. The number of hydrazine groups is 1. The molecule has 0 aliphatic heterocycles. The number of rotatable bonds is 4. The van der Waals surface area contributed by atoms with Crippen molar-refractivity contribution in [1.29, 1.82) is 0 Å². The molecule has 0 spiro atoms. The molecule has 3 aromatic rings. The van der Waals surface area contributed by atoms with Crippen LogP contribution in [0.1, 0.15) is 0 Å². The molecule has 5 heteroatoms. The first-order chi connectivity index (χ1) is 11.2. The van der Waals surface area contributed by atoms with Crippen LogP contribution in [0.4, 0.5) is 22.7 Å². The first-order valence-corrected chi connectivity index (χ1v) is 7.29. The molecule has 3 rings (SSSR count). The quantitative estimate of drug-likeness (QED) is 0.343. The van der Waals surface area contributed by atoms with Crippen molar-refractivity contribution in [2.45, 2.75) is 0 Å². The SMILES string of the molecule is C[n+]1cccc(/N=N\c2ccc(N(N)c3ccccc3)cc2)c1. The van der Waals surface area contributed by atoms with Gasteiger partial charge in [-0.15, -0.1) is 5.11 Å². The summed E-state index contributed by atoms with van der Waals surface area (Å²) >= 11 is 0. The highest BCUT2D eigenvalue weighted by Gasteiger charge is 2.03. The predicted molar refractivity (Wildman–Crippen MR) is 91.0 cm³/mol. The van der Waals surface area contributed by atoms with E-state index in [1.807, 2.05) is 90.7 Å². The van der Waals surface area contributed by atoms with E-state index in [4.69, 9.17) is 5.84 Å². The van der Waals surface area contributed by atoms with Crippen molar-refractivity contribution >= 4 is 22.7 Å². The first-order valence-electron chi connectivity index (χ1n) is 7.29. The number of aromatic nitrogens is 1. The summed E-state index contributed by atoms with van der Waals surface area (Å²) in [5, 5.41) is 10.1. The molecule has 1 aromatic heterocycles. The molecule has 5 nitrogen and oxygen atoms in total. The number of para-hydroxylation sites is 1. The molecule has 0 radical (unpaired) electrons. The molecule has 1 heterocycles. The molecule has 0 atom stereocenters. The van der Waals surface area contributed by atoms with Crippen molar-refractivity contribution < 1.29 is 4.57 Å². The molecule has 0 bridgehead atoms. The second kappa shape index (κ2) is 6.81.